The van der Waals surface area contributed by atoms with Gasteiger partial charge in [0.15, 0.2) is 0 Å². The summed E-state index contributed by atoms with van der Waals surface area (Å²) in [4.78, 5) is 21.0. The molecule has 0 aliphatic heterocycles. The number of carboxylic acid groups (broad SMARTS) is 1. The molecule has 21 heavy (non-hydrogen) atoms. The normalized spacial score (nSPS) is 10.6. The predicted molar refractivity (Wildman–Crippen MR) is 76.0 cm³/mol. The van der Waals surface area contributed by atoms with Gasteiger partial charge in [0.1, 0.15) is 0 Å². The zero-order chi connectivity index (χ0) is 15.7. The Balaban J connectivity index is 2.53. The van der Waals surface area contributed by atoms with Crippen molar-refractivity contribution in [2.45, 2.75) is 20.3 Å². The Morgan fingerprint density at radius 2 is 2.14 bits per heavy atom. The Morgan fingerprint density at radius 1 is 1.48 bits per heavy atom. The molecule has 1 N–H and O–H groups in total. The monoisotopic (exact) mass is 309 g/mol. The van der Waals surface area contributed by atoms with Crippen molar-refractivity contribution in [3.05, 3.63) is 50.3 Å². The third-order valence-corrected chi connectivity index (χ3v) is 3.44. The van der Waals surface area contributed by atoms with Gasteiger partial charge in [-0.2, -0.15) is 5.10 Å². The minimum Gasteiger partial charge on any atom is -0.481 e. The number of aryl methyl sites for hydroxylation is 1. The van der Waals surface area contributed by atoms with Gasteiger partial charge in [0.2, 0.25) is 0 Å². The van der Waals surface area contributed by atoms with E-state index in [9.17, 15) is 14.9 Å². The first-order valence-electron chi connectivity index (χ1n) is 6.02. The lowest BCUT2D eigenvalue weighted by Gasteiger charge is -2.07. The van der Waals surface area contributed by atoms with E-state index in [-0.39, 0.29) is 17.1 Å². The first-order valence-corrected chi connectivity index (χ1v) is 6.40. The number of nitrogens with zero attached hydrogens (tertiary/aromatic N) is 3. The van der Waals surface area contributed by atoms with E-state index in [1.807, 2.05) is 0 Å². The highest BCUT2D eigenvalue weighted by atomic mass is 35.5. The van der Waals surface area contributed by atoms with E-state index in [0.717, 1.165) is 0 Å². The second-order valence-electron chi connectivity index (χ2n) is 4.52. The summed E-state index contributed by atoms with van der Waals surface area (Å²) in [6, 6.07) is 4.06. The van der Waals surface area contributed by atoms with Gasteiger partial charge in [-0.1, -0.05) is 11.6 Å². The van der Waals surface area contributed by atoms with Gasteiger partial charge in [0, 0.05) is 23.4 Å². The second kappa shape index (κ2) is 5.53. The van der Waals surface area contributed by atoms with Crippen molar-refractivity contribution in [1.29, 1.82) is 0 Å². The molecule has 110 valence electrons. The van der Waals surface area contributed by atoms with Gasteiger partial charge < -0.3 is 5.11 Å². The van der Waals surface area contributed by atoms with Crippen molar-refractivity contribution in [2.75, 3.05) is 0 Å². The molecular formula is C13H12ClN3O4. The van der Waals surface area contributed by atoms with Crippen LogP contribution in [0.15, 0.2) is 18.2 Å². The molecule has 1 aromatic heterocycles. The Labute approximate surface area is 124 Å². The van der Waals surface area contributed by atoms with Gasteiger partial charge in [-0.15, -0.1) is 0 Å². The fraction of sp³-hybridized carbons (Fsp3) is 0.231. The number of carbonyl (C=O) groups is 1. The highest BCUT2D eigenvalue weighted by molar-refractivity contribution is 6.32. The zero-order valence-electron chi connectivity index (χ0n) is 11.3. The Kier molecular flexibility index (Phi) is 3.95. The number of nitro groups is 1. The van der Waals surface area contributed by atoms with Gasteiger partial charge >= 0.3 is 5.97 Å². The van der Waals surface area contributed by atoms with Crippen LogP contribution in [-0.4, -0.2) is 25.8 Å². The molecule has 0 bridgehead atoms. The predicted octanol–water partition coefficient (Wildman–Crippen LogP) is 2.68. The van der Waals surface area contributed by atoms with Crippen molar-refractivity contribution in [1.82, 2.24) is 9.78 Å². The molecule has 1 aromatic carbocycles. The maximum absolute atomic E-state index is 10.9. The number of hydrogen-bond donors (Lipinski definition) is 1. The average molecular weight is 310 g/mol. The molecule has 2 aromatic rings. The van der Waals surface area contributed by atoms with Crippen LogP contribution in [0.1, 0.15) is 17.0 Å². The van der Waals surface area contributed by atoms with E-state index in [0.29, 0.717) is 22.6 Å². The highest BCUT2D eigenvalue weighted by Gasteiger charge is 2.18. The molecule has 0 fully saturated rings. The van der Waals surface area contributed by atoms with Crippen LogP contribution in [0.2, 0.25) is 5.02 Å². The minimum atomic E-state index is -0.949. The lowest BCUT2D eigenvalue weighted by molar-refractivity contribution is -0.384. The highest BCUT2D eigenvalue weighted by Crippen LogP contribution is 2.27. The summed E-state index contributed by atoms with van der Waals surface area (Å²) in [6.07, 6.45) is -0.137. The third kappa shape index (κ3) is 2.87. The molecule has 0 unspecified atom stereocenters. The van der Waals surface area contributed by atoms with Gasteiger partial charge in [0.05, 0.1) is 27.7 Å². The van der Waals surface area contributed by atoms with Crippen LogP contribution >= 0.6 is 11.6 Å². The number of hydrogen-bond acceptors (Lipinski definition) is 4. The first kappa shape index (κ1) is 15.0. The summed E-state index contributed by atoms with van der Waals surface area (Å²) in [6.45, 7) is 3.44. The van der Waals surface area contributed by atoms with Crippen LogP contribution in [0.5, 0.6) is 0 Å². The fourth-order valence-electron chi connectivity index (χ4n) is 2.10. The molecule has 1 heterocycles. The van der Waals surface area contributed by atoms with Crippen LogP contribution in [0, 0.1) is 24.0 Å². The maximum Gasteiger partial charge on any atom is 0.307 e. The molecule has 0 aliphatic carbocycles. The van der Waals surface area contributed by atoms with Crippen molar-refractivity contribution >= 4 is 23.3 Å². The minimum absolute atomic E-state index is 0.115. The Morgan fingerprint density at radius 3 is 2.67 bits per heavy atom. The van der Waals surface area contributed by atoms with Gasteiger partial charge in [-0.05, 0) is 19.9 Å². The van der Waals surface area contributed by atoms with Gasteiger partial charge in [0.25, 0.3) is 5.69 Å². The first-order chi connectivity index (χ1) is 9.81. The van der Waals surface area contributed by atoms with E-state index >= 15 is 0 Å². The summed E-state index contributed by atoms with van der Waals surface area (Å²) >= 11 is 6.07. The summed E-state index contributed by atoms with van der Waals surface area (Å²) in [5, 5.41) is 24.1. The summed E-state index contributed by atoms with van der Waals surface area (Å²) in [7, 11) is 0. The maximum atomic E-state index is 10.9. The van der Waals surface area contributed by atoms with Gasteiger partial charge in [-0.25, -0.2) is 4.68 Å². The van der Waals surface area contributed by atoms with Crippen LogP contribution in [0.4, 0.5) is 5.69 Å². The SMILES string of the molecule is Cc1nn(-c2ccc([N+](=O)[O-])cc2Cl)c(C)c1CC(=O)O. The Hall–Kier alpha value is -2.41. The quantitative estimate of drug-likeness (QED) is 0.691. The van der Waals surface area contributed by atoms with Crippen molar-refractivity contribution < 1.29 is 14.8 Å². The molecule has 8 heteroatoms. The molecule has 0 amide bonds. The van der Waals surface area contributed by atoms with E-state index in [2.05, 4.69) is 5.10 Å². The zero-order valence-corrected chi connectivity index (χ0v) is 12.1. The van der Waals surface area contributed by atoms with E-state index < -0.39 is 10.9 Å². The standard InChI is InChI=1S/C13H12ClN3O4/c1-7-10(6-13(18)19)8(2)16(15-7)12-4-3-9(17(20)21)5-11(12)14/h3-5H,6H2,1-2H3,(H,18,19). The second-order valence-corrected chi connectivity index (χ2v) is 4.93. The van der Waals surface area contributed by atoms with Crippen LogP contribution < -0.4 is 0 Å². The molecule has 0 saturated heterocycles. The number of aromatic nitrogens is 2. The number of nitro benzene ring substituents is 1. The molecule has 7 nitrogen and oxygen atoms in total. The van der Waals surface area contributed by atoms with Crippen LogP contribution in [0.25, 0.3) is 5.69 Å². The third-order valence-electron chi connectivity index (χ3n) is 3.14. The van der Waals surface area contributed by atoms with E-state index in [1.54, 1.807) is 13.8 Å². The van der Waals surface area contributed by atoms with Gasteiger partial charge in [-0.3, -0.25) is 14.9 Å². The number of carboxylic acids is 1. The largest absolute Gasteiger partial charge is 0.481 e. The number of aliphatic carboxylic acids is 1. The molecule has 0 atom stereocenters. The lowest BCUT2D eigenvalue weighted by Crippen LogP contribution is -2.04. The fourth-order valence-corrected chi connectivity index (χ4v) is 2.35. The number of non-ortho nitro benzene ring substituents is 1. The van der Waals surface area contributed by atoms with Crippen molar-refractivity contribution in [3.63, 3.8) is 0 Å². The van der Waals surface area contributed by atoms with E-state index in [1.165, 1.54) is 22.9 Å². The van der Waals surface area contributed by atoms with Crippen LogP contribution in [-0.2, 0) is 11.2 Å². The molecule has 2 rings (SSSR count). The summed E-state index contributed by atoms with van der Waals surface area (Å²) < 4.78 is 1.50. The smallest absolute Gasteiger partial charge is 0.307 e. The Bertz CT molecular complexity index is 739. The van der Waals surface area contributed by atoms with Crippen molar-refractivity contribution in [3.8, 4) is 5.69 Å². The average Bonchev–Trinajstić information content (AvgIpc) is 2.66. The summed E-state index contributed by atoms with van der Waals surface area (Å²) in [5.41, 5.74) is 2.20. The summed E-state index contributed by atoms with van der Waals surface area (Å²) in [5.74, 6) is -0.949. The lowest BCUT2D eigenvalue weighted by atomic mass is 10.1. The van der Waals surface area contributed by atoms with Crippen LogP contribution in [0.3, 0.4) is 0 Å². The molecule has 0 spiro atoms. The number of rotatable bonds is 4. The molecule has 0 radical (unpaired) electrons. The molecule has 0 saturated carbocycles. The topological polar surface area (TPSA) is 98.3 Å². The number of halogens is 1. The van der Waals surface area contributed by atoms with E-state index in [4.69, 9.17) is 16.7 Å². The number of benzene rings is 1. The molecule has 0 aliphatic rings. The molecular weight excluding hydrogens is 298 g/mol. The van der Waals surface area contributed by atoms with Crippen molar-refractivity contribution in [2.24, 2.45) is 0 Å².